The van der Waals surface area contributed by atoms with Gasteiger partial charge < -0.3 is 5.32 Å². The van der Waals surface area contributed by atoms with E-state index in [1.165, 1.54) is 17.4 Å². The van der Waals surface area contributed by atoms with E-state index in [0.29, 0.717) is 5.56 Å². The Morgan fingerprint density at radius 3 is 2.42 bits per heavy atom. The van der Waals surface area contributed by atoms with Crippen molar-refractivity contribution in [3.05, 3.63) is 56.7 Å². The van der Waals surface area contributed by atoms with Crippen LogP contribution in [-0.4, -0.2) is 31.1 Å². The number of thiophene rings is 1. The molecule has 1 N–H and O–H groups in total. The molecule has 2 aromatic rings. The van der Waals surface area contributed by atoms with E-state index in [1.807, 2.05) is 17.5 Å². The molecule has 2 nitrogen and oxygen atoms in total. The Labute approximate surface area is 154 Å². The second-order valence-corrected chi connectivity index (χ2v) is 6.77. The molecule has 1 atom stereocenters. The molecule has 0 bridgehead atoms. The molecule has 0 unspecified atom stereocenters. The summed E-state index contributed by atoms with van der Waals surface area (Å²) in [4.78, 5) is 3.19. The number of alkyl halides is 3. The summed E-state index contributed by atoms with van der Waals surface area (Å²) in [5, 5.41) is 5.00. The Kier molecular flexibility index (Phi) is 6.56. The van der Waals surface area contributed by atoms with E-state index in [1.54, 1.807) is 6.07 Å². The molecule has 3 rings (SSSR count). The van der Waals surface area contributed by atoms with Crippen LogP contribution in [0.3, 0.4) is 0 Å². The lowest BCUT2D eigenvalue weighted by Gasteiger charge is -2.35. The van der Waals surface area contributed by atoms with Crippen molar-refractivity contribution >= 4 is 35.3 Å². The summed E-state index contributed by atoms with van der Waals surface area (Å²) >= 11 is 7.71. The first-order chi connectivity index (χ1) is 11.0. The van der Waals surface area contributed by atoms with Gasteiger partial charge in [0.2, 0.25) is 0 Å². The molecule has 0 radical (unpaired) electrons. The van der Waals surface area contributed by atoms with Gasteiger partial charge in [0.1, 0.15) is 0 Å². The predicted molar refractivity (Wildman–Crippen MR) is 94.3 cm³/mol. The van der Waals surface area contributed by atoms with Crippen LogP contribution in [0.4, 0.5) is 13.2 Å². The van der Waals surface area contributed by atoms with Crippen molar-refractivity contribution in [1.82, 2.24) is 10.2 Å². The number of hydrogen-bond acceptors (Lipinski definition) is 3. The lowest BCUT2D eigenvalue weighted by molar-refractivity contribution is -0.137. The highest BCUT2D eigenvalue weighted by Crippen LogP contribution is 2.41. The van der Waals surface area contributed by atoms with E-state index < -0.39 is 11.7 Å². The van der Waals surface area contributed by atoms with E-state index in [-0.39, 0.29) is 23.5 Å². The molecule has 24 heavy (non-hydrogen) atoms. The minimum Gasteiger partial charge on any atom is -0.314 e. The fourth-order valence-electron chi connectivity index (χ4n) is 2.90. The summed E-state index contributed by atoms with van der Waals surface area (Å²) in [5.74, 6) is 0. The van der Waals surface area contributed by atoms with Crippen molar-refractivity contribution in [2.45, 2.75) is 12.2 Å². The van der Waals surface area contributed by atoms with Crippen LogP contribution in [0.25, 0.3) is 0 Å². The molecule has 132 valence electrons. The van der Waals surface area contributed by atoms with Crippen molar-refractivity contribution in [2.24, 2.45) is 0 Å². The summed E-state index contributed by atoms with van der Waals surface area (Å²) in [6, 6.07) is 7.79. The van der Waals surface area contributed by atoms with Gasteiger partial charge in [-0.3, -0.25) is 4.90 Å². The molecule has 1 saturated heterocycles. The fraction of sp³-hybridized carbons (Fsp3) is 0.375. The molecular formula is C16H17Cl2F3N2S. The molecule has 2 heterocycles. The Balaban J connectivity index is 0.00000208. The Morgan fingerprint density at radius 2 is 1.83 bits per heavy atom. The van der Waals surface area contributed by atoms with Crippen LogP contribution >= 0.6 is 35.3 Å². The van der Waals surface area contributed by atoms with Gasteiger partial charge in [0.25, 0.3) is 0 Å². The maximum Gasteiger partial charge on any atom is 0.417 e. The molecule has 1 fully saturated rings. The van der Waals surface area contributed by atoms with Crippen LogP contribution in [0.1, 0.15) is 22.0 Å². The van der Waals surface area contributed by atoms with E-state index in [9.17, 15) is 13.2 Å². The summed E-state index contributed by atoms with van der Waals surface area (Å²) in [7, 11) is 0. The van der Waals surface area contributed by atoms with Gasteiger partial charge in [-0.25, -0.2) is 0 Å². The maximum atomic E-state index is 13.2. The third-order valence-electron chi connectivity index (χ3n) is 3.96. The van der Waals surface area contributed by atoms with E-state index in [4.69, 9.17) is 11.6 Å². The third kappa shape index (κ3) is 4.06. The monoisotopic (exact) mass is 396 g/mol. The first kappa shape index (κ1) is 19.5. The van der Waals surface area contributed by atoms with Crippen molar-refractivity contribution in [3.63, 3.8) is 0 Å². The van der Waals surface area contributed by atoms with Gasteiger partial charge in [-0.15, -0.1) is 23.7 Å². The maximum absolute atomic E-state index is 13.2. The molecule has 8 heteroatoms. The zero-order chi connectivity index (χ0) is 16.4. The molecular weight excluding hydrogens is 380 g/mol. The van der Waals surface area contributed by atoms with Crippen LogP contribution in [-0.2, 0) is 6.18 Å². The van der Waals surface area contributed by atoms with Crippen LogP contribution in [0, 0.1) is 0 Å². The van der Waals surface area contributed by atoms with Crippen LogP contribution in [0.5, 0.6) is 0 Å². The minimum absolute atomic E-state index is 0. The molecule has 1 aromatic heterocycles. The zero-order valence-corrected chi connectivity index (χ0v) is 15.0. The highest BCUT2D eigenvalue weighted by molar-refractivity contribution is 7.10. The molecule has 0 amide bonds. The summed E-state index contributed by atoms with van der Waals surface area (Å²) in [6.45, 7) is 3.18. The van der Waals surface area contributed by atoms with Gasteiger partial charge in [-0.05, 0) is 23.1 Å². The second kappa shape index (κ2) is 8.06. The lowest BCUT2D eigenvalue weighted by Crippen LogP contribution is -2.45. The number of piperazine rings is 1. The molecule has 0 saturated carbocycles. The van der Waals surface area contributed by atoms with Crippen LogP contribution < -0.4 is 5.32 Å². The largest absolute Gasteiger partial charge is 0.417 e. The topological polar surface area (TPSA) is 15.3 Å². The average molecular weight is 397 g/mol. The Morgan fingerprint density at radius 1 is 1.12 bits per heavy atom. The standard InChI is InChI=1S/C16H16ClF3N2S.ClH/c17-14-11(3-1-4-12(14)16(18,19)20)15(13-5-2-10-23-13)22-8-6-21-7-9-22;/h1-5,10,15,21H,6-9H2;1H/t15-;/m0./s1. The number of halogens is 5. The van der Waals surface area contributed by atoms with Crippen molar-refractivity contribution in [2.75, 3.05) is 26.2 Å². The average Bonchev–Trinajstić information content (AvgIpc) is 3.03. The Bertz CT molecular complexity index is 656. The number of rotatable bonds is 3. The highest BCUT2D eigenvalue weighted by atomic mass is 35.5. The highest BCUT2D eigenvalue weighted by Gasteiger charge is 2.36. The van der Waals surface area contributed by atoms with E-state index >= 15 is 0 Å². The van der Waals surface area contributed by atoms with Gasteiger partial charge in [0, 0.05) is 31.1 Å². The van der Waals surface area contributed by atoms with Gasteiger partial charge in [0.15, 0.2) is 0 Å². The van der Waals surface area contributed by atoms with Gasteiger partial charge in [-0.2, -0.15) is 13.2 Å². The summed E-state index contributed by atoms with van der Waals surface area (Å²) < 4.78 is 39.5. The summed E-state index contributed by atoms with van der Waals surface area (Å²) in [6.07, 6.45) is -4.45. The number of nitrogens with one attached hydrogen (secondary N) is 1. The molecule has 1 aliphatic heterocycles. The van der Waals surface area contributed by atoms with Crippen molar-refractivity contribution in [1.29, 1.82) is 0 Å². The SMILES string of the molecule is Cl.FC(F)(F)c1cccc([C@@H](c2cccs2)N2CCNCC2)c1Cl. The fourth-order valence-corrected chi connectivity index (χ4v) is 4.11. The Hall–Kier alpha value is -0.790. The summed E-state index contributed by atoms with van der Waals surface area (Å²) in [5.41, 5.74) is -0.251. The van der Waals surface area contributed by atoms with Gasteiger partial charge in [0.05, 0.1) is 16.6 Å². The van der Waals surface area contributed by atoms with Gasteiger partial charge >= 0.3 is 6.18 Å². The predicted octanol–water partition coefficient (Wildman–Crippen LogP) is 4.84. The lowest BCUT2D eigenvalue weighted by atomic mass is 10.00. The molecule has 0 aliphatic carbocycles. The molecule has 1 aromatic carbocycles. The zero-order valence-electron chi connectivity index (χ0n) is 12.6. The number of nitrogens with zero attached hydrogens (tertiary/aromatic N) is 1. The quantitative estimate of drug-likeness (QED) is 0.798. The molecule has 1 aliphatic rings. The van der Waals surface area contributed by atoms with Crippen molar-refractivity contribution < 1.29 is 13.2 Å². The normalized spacial score (nSPS) is 17.3. The van der Waals surface area contributed by atoms with Crippen molar-refractivity contribution in [3.8, 4) is 0 Å². The number of benzene rings is 1. The second-order valence-electron chi connectivity index (χ2n) is 5.41. The van der Waals surface area contributed by atoms with E-state index in [2.05, 4.69) is 10.2 Å². The smallest absolute Gasteiger partial charge is 0.314 e. The van der Waals surface area contributed by atoms with Crippen LogP contribution in [0.2, 0.25) is 5.02 Å². The molecule has 0 spiro atoms. The third-order valence-corrected chi connectivity index (χ3v) is 5.30. The first-order valence-electron chi connectivity index (χ1n) is 7.32. The van der Waals surface area contributed by atoms with E-state index in [0.717, 1.165) is 37.1 Å². The van der Waals surface area contributed by atoms with Crippen LogP contribution in [0.15, 0.2) is 35.7 Å². The number of hydrogen-bond donors (Lipinski definition) is 1. The first-order valence-corrected chi connectivity index (χ1v) is 8.58. The van der Waals surface area contributed by atoms with Gasteiger partial charge in [-0.1, -0.05) is 29.8 Å². The minimum atomic E-state index is -4.45.